The quantitative estimate of drug-likeness (QED) is 0.862. The minimum absolute atomic E-state index is 0.325. The third-order valence-electron chi connectivity index (χ3n) is 3.86. The smallest absolute Gasteiger partial charge is 0.240 e. The Morgan fingerprint density at radius 3 is 3.00 bits per heavy atom. The minimum Gasteiger partial charge on any atom is -0.338 e. The van der Waals surface area contributed by atoms with Gasteiger partial charge in [0.15, 0.2) is 5.82 Å². The van der Waals surface area contributed by atoms with Crippen LogP contribution in [0.15, 0.2) is 4.52 Å². The third kappa shape index (κ3) is 2.70. The summed E-state index contributed by atoms with van der Waals surface area (Å²) < 4.78 is 5.27. The predicted molar refractivity (Wildman–Crippen MR) is 71.0 cm³/mol. The average molecular weight is 268 g/mol. The van der Waals surface area contributed by atoms with Gasteiger partial charge in [0.25, 0.3) is 0 Å². The van der Waals surface area contributed by atoms with Crippen molar-refractivity contribution in [2.45, 2.75) is 31.2 Å². The van der Waals surface area contributed by atoms with E-state index in [9.17, 15) is 0 Å². The second-order valence-corrected chi connectivity index (χ2v) is 6.26. The number of hydrogen-bond donors (Lipinski definition) is 1. The van der Waals surface area contributed by atoms with Gasteiger partial charge in [-0.05, 0) is 30.9 Å². The van der Waals surface area contributed by atoms with Crippen molar-refractivity contribution in [1.82, 2.24) is 15.0 Å². The topological polar surface area (TPSA) is 68.2 Å². The summed E-state index contributed by atoms with van der Waals surface area (Å²) in [4.78, 5) is 6.74. The lowest BCUT2D eigenvalue weighted by molar-refractivity contribution is 0.256. The Bertz CT molecular complexity index is 407. The summed E-state index contributed by atoms with van der Waals surface area (Å²) in [7, 11) is 0. The van der Waals surface area contributed by atoms with Crippen LogP contribution < -0.4 is 5.73 Å². The van der Waals surface area contributed by atoms with Crippen LogP contribution in [0.4, 0.5) is 0 Å². The number of thioether (sulfide) groups is 1. The number of aromatic nitrogens is 2. The second-order valence-electron chi connectivity index (χ2n) is 5.40. The van der Waals surface area contributed by atoms with Gasteiger partial charge < -0.3 is 10.3 Å². The van der Waals surface area contributed by atoms with Crippen LogP contribution in [-0.4, -0.2) is 40.4 Å². The van der Waals surface area contributed by atoms with Crippen molar-refractivity contribution in [1.29, 1.82) is 0 Å². The molecule has 3 rings (SSSR count). The van der Waals surface area contributed by atoms with E-state index in [1.54, 1.807) is 11.8 Å². The van der Waals surface area contributed by atoms with Crippen LogP contribution in [0.2, 0.25) is 0 Å². The Labute approximate surface area is 111 Å². The molecule has 0 unspecified atom stereocenters. The van der Waals surface area contributed by atoms with E-state index < -0.39 is 0 Å². The molecular weight excluding hydrogens is 248 g/mol. The first kappa shape index (κ1) is 12.4. The lowest BCUT2D eigenvalue weighted by atomic mass is 9.99. The molecule has 0 radical (unpaired) electrons. The molecule has 100 valence electrons. The van der Waals surface area contributed by atoms with E-state index in [4.69, 9.17) is 10.3 Å². The Kier molecular flexibility index (Phi) is 3.59. The summed E-state index contributed by atoms with van der Waals surface area (Å²) in [5.74, 6) is 3.88. The highest BCUT2D eigenvalue weighted by atomic mass is 32.2. The van der Waals surface area contributed by atoms with Gasteiger partial charge in [-0.2, -0.15) is 16.7 Å². The fraction of sp³-hybridized carbons (Fsp3) is 0.833. The van der Waals surface area contributed by atoms with Crippen LogP contribution in [0.5, 0.6) is 0 Å². The highest BCUT2D eigenvalue weighted by Crippen LogP contribution is 2.41. The van der Waals surface area contributed by atoms with E-state index in [2.05, 4.69) is 15.0 Å². The van der Waals surface area contributed by atoms with Crippen molar-refractivity contribution in [3.05, 3.63) is 11.7 Å². The first-order valence-electron chi connectivity index (χ1n) is 6.54. The SMILES string of the molecule is CSCc1noc(CN2C[C@H](C3CC3)[C@@H](N)C2)n1. The Balaban J connectivity index is 1.56. The molecule has 2 fully saturated rings. The van der Waals surface area contributed by atoms with E-state index in [1.165, 1.54) is 12.8 Å². The molecule has 5 nitrogen and oxygen atoms in total. The number of rotatable bonds is 5. The van der Waals surface area contributed by atoms with E-state index in [1.807, 2.05) is 6.26 Å². The molecule has 2 aliphatic rings. The molecule has 0 bridgehead atoms. The van der Waals surface area contributed by atoms with Gasteiger partial charge in [0, 0.05) is 19.1 Å². The molecule has 6 heteroatoms. The van der Waals surface area contributed by atoms with E-state index in [-0.39, 0.29) is 0 Å². The molecular formula is C12H20N4OS. The number of hydrogen-bond acceptors (Lipinski definition) is 6. The predicted octanol–water partition coefficient (Wildman–Crippen LogP) is 1.10. The maximum atomic E-state index is 6.21. The molecule has 1 aromatic rings. The normalized spacial score (nSPS) is 29.0. The molecule has 2 N–H and O–H groups in total. The van der Waals surface area contributed by atoms with Crippen molar-refractivity contribution in [2.24, 2.45) is 17.6 Å². The van der Waals surface area contributed by atoms with Crippen molar-refractivity contribution < 1.29 is 4.52 Å². The average Bonchev–Trinajstić information content (AvgIpc) is 2.99. The summed E-state index contributed by atoms with van der Waals surface area (Å²) in [6.45, 7) is 2.80. The van der Waals surface area contributed by atoms with Crippen molar-refractivity contribution in [3.8, 4) is 0 Å². The molecule has 1 aliphatic heterocycles. The highest BCUT2D eigenvalue weighted by Gasteiger charge is 2.40. The minimum atomic E-state index is 0.325. The first-order chi connectivity index (χ1) is 8.76. The van der Waals surface area contributed by atoms with Crippen LogP contribution in [0.3, 0.4) is 0 Å². The van der Waals surface area contributed by atoms with Crippen molar-refractivity contribution in [3.63, 3.8) is 0 Å². The monoisotopic (exact) mass is 268 g/mol. The van der Waals surface area contributed by atoms with Gasteiger partial charge in [-0.25, -0.2) is 0 Å². The summed E-state index contributed by atoms with van der Waals surface area (Å²) in [5.41, 5.74) is 6.21. The van der Waals surface area contributed by atoms with Gasteiger partial charge in [0.1, 0.15) is 0 Å². The zero-order valence-corrected chi connectivity index (χ0v) is 11.5. The van der Waals surface area contributed by atoms with Gasteiger partial charge >= 0.3 is 0 Å². The third-order valence-corrected chi connectivity index (χ3v) is 4.40. The lowest BCUT2D eigenvalue weighted by Crippen LogP contribution is -2.30. The Morgan fingerprint density at radius 1 is 1.44 bits per heavy atom. The van der Waals surface area contributed by atoms with Crippen LogP contribution in [0.1, 0.15) is 24.6 Å². The van der Waals surface area contributed by atoms with Crippen LogP contribution in [0.25, 0.3) is 0 Å². The largest absolute Gasteiger partial charge is 0.338 e. The van der Waals surface area contributed by atoms with Gasteiger partial charge in [-0.15, -0.1) is 0 Å². The maximum Gasteiger partial charge on any atom is 0.240 e. The summed E-state index contributed by atoms with van der Waals surface area (Å²) in [5, 5.41) is 3.97. The fourth-order valence-electron chi connectivity index (χ4n) is 2.83. The van der Waals surface area contributed by atoms with Crippen molar-refractivity contribution >= 4 is 11.8 Å². The molecule has 0 aromatic carbocycles. The van der Waals surface area contributed by atoms with Gasteiger partial charge in [-0.1, -0.05) is 5.16 Å². The lowest BCUT2D eigenvalue weighted by Gasteiger charge is -2.12. The molecule has 0 amide bonds. The Hall–Kier alpha value is -0.590. The Morgan fingerprint density at radius 2 is 2.28 bits per heavy atom. The first-order valence-corrected chi connectivity index (χ1v) is 7.94. The molecule has 2 atom stereocenters. The molecule has 18 heavy (non-hydrogen) atoms. The molecule has 1 aromatic heterocycles. The van der Waals surface area contributed by atoms with E-state index >= 15 is 0 Å². The zero-order chi connectivity index (χ0) is 12.5. The highest BCUT2D eigenvalue weighted by molar-refractivity contribution is 7.97. The van der Waals surface area contributed by atoms with Gasteiger partial charge in [0.2, 0.25) is 5.89 Å². The van der Waals surface area contributed by atoms with Crippen LogP contribution in [-0.2, 0) is 12.3 Å². The van der Waals surface area contributed by atoms with Gasteiger partial charge in [-0.3, -0.25) is 4.90 Å². The summed E-state index contributed by atoms with van der Waals surface area (Å²) in [6.07, 6.45) is 4.77. The number of likely N-dealkylation sites (tertiary alicyclic amines) is 1. The number of nitrogens with two attached hydrogens (primary N) is 1. The summed E-state index contributed by atoms with van der Waals surface area (Å²) >= 11 is 1.71. The maximum absolute atomic E-state index is 6.21. The molecule has 1 saturated heterocycles. The standard InChI is InChI=1S/C12H20N4OS/c1-18-7-11-14-12(17-15-11)6-16-4-9(8-2-3-8)10(13)5-16/h8-10H,2-7,13H2,1H3/t9-,10+/m1/s1. The van der Waals surface area contributed by atoms with Gasteiger partial charge in [0.05, 0.1) is 12.3 Å². The van der Waals surface area contributed by atoms with E-state index in [0.29, 0.717) is 12.0 Å². The fourth-order valence-corrected chi connectivity index (χ4v) is 3.20. The molecule has 1 aliphatic carbocycles. The zero-order valence-electron chi connectivity index (χ0n) is 10.7. The van der Waals surface area contributed by atoms with E-state index in [0.717, 1.165) is 43.0 Å². The second kappa shape index (κ2) is 5.19. The summed E-state index contributed by atoms with van der Waals surface area (Å²) in [6, 6.07) is 0.325. The van der Waals surface area contributed by atoms with Crippen molar-refractivity contribution in [2.75, 3.05) is 19.3 Å². The molecule has 1 saturated carbocycles. The van der Waals surface area contributed by atoms with Crippen LogP contribution in [0, 0.1) is 11.8 Å². The van der Waals surface area contributed by atoms with Crippen LogP contribution >= 0.6 is 11.8 Å². The molecule has 2 heterocycles. The molecule has 0 spiro atoms. The number of nitrogens with zero attached hydrogens (tertiary/aromatic N) is 3.